The Bertz CT molecular complexity index is 1740. The number of furan rings is 1. The molecule has 2 nitrogen and oxygen atoms in total. The molecule has 0 bridgehead atoms. The van der Waals surface area contributed by atoms with Gasteiger partial charge < -0.3 is 4.42 Å². The van der Waals surface area contributed by atoms with Crippen molar-refractivity contribution in [3.05, 3.63) is 76.8 Å². The van der Waals surface area contributed by atoms with E-state index in [1.165, 1.54) is 42.2 Å². The Morgan fingerprint density at radius 2 is 1.74 bits per heavy atom. The van der Waals surface area contributed by atoms with Gasteiger partial charge in [0.05, 0.1) is 0 Å². The number of rotatable bonds is 3. The summed E-state index contributed by atoms with van der Waals surface area (Å²) in [6.07, 6.45) is 3.05. The highest BCUT2D eigenvalue weighted by Crippen LogP contribution is 2.44. The van der Waals surface area contributed by atoms with Crippen molar-refractivity contribution in [2.75, 3.05) is 0 Å². The minimum Gasteiger partial charge on any atom is -0.454 e. The van der Waals surface area contributed by atoms with Gasteiger partial charge in [-0.1, -0.05) is 58.9 Å². The van der Waals surface area contributed by atoms with Crippen molar-refractivity contribution in [2.45, 2.75) is 53.4 Å². The van der Waals surface area contributed by atoms with E-state index in [1.807, 2.05) is 17.5 Å². The topological polar surface area (TPSA) is 26.0 Å². The third kappa shape index (κ3) is 3.56. The van der Waals surface area contributed by atoms with Crippen molar-refractivity contribution < 1.29 is 4.42 Å². The van der Waals surface area contributed by atoms with Crippen LogP contribution in [0.25, 0.3) is 54.1 Å². The number of aryl methyl sites for hydroxylation is 1. The third-order valence-electron chi connectivity index (χ3n) is 7.08. The van der Waals surface area contributed by atoms with E-state index in [0.717, 1.165) is 34.2 Å². The number of nitrogens with zero attached hydrogens (tertiary/aromatic N) is 1. The number of pyridine rings is 1. The maximum atomic E-state index is 6.57. The molecule has 0 fully saturated rings. The summed E-state index contributed by atoms with van der Waals surface area (Å²) in [4.78, 5) is 6.34. The predicted molar refractivity (Wildman–Crippen MR) is 152 cm³/mol. The van der Waals surface area contributed by atoms with Crippen LogP contribution in [0.3, 0.4) is 0 Å². The Hall–Kier alpha value is -3.17. The summed E-state index contributed by atoms with van der Waals surface area (Å²) in [6.45, 7) is 13.7. The number of benzene rings is 3. The maximum absolute atomic E-state index is 6.57. The molecule has 0 N–H and O–H groups in total. The summed E-state index contributed by atoms with van der Waals surface area (Å²) in [5, 5.41) is 6.25. The van der Waals surface area contributed by atoms with Crippen LogP contribution in [0.4, 0.5) is 0 Å². The van der Waals surface area contributed by atoms with Crippen molar-refractivity contribution in [1.29, 1.82) is 0 Å². The van der Waals surface area contributed by atoms with E-state index in [1.54, 1.807) is 0 Å². The smallest absolute Gasteiger partial charge is 0.161 e. The standard InChI is InChI=1S/C32H31NOS/c1-18(2)15-27-19(3)28-26(35-27)12-11-25-29(28)23-13-14-33-30(31(23)34-25)21-16-20-9-7-8-10-22(20)24(17-21)32(4,5)6/h7-14,16-18H,15H2,1-6H3. The summed E-state index contributed by atoms with van der Waals surface area (Å²) in [5.74, 6) is 0.638. The summed E-state index contributed by atoms with van der Waals surface area (Å²) < 4.78 is 7.91. The molecule has 0 saturated carbocycles. The summed E-state index contributed by atoms with van der Waals surface area (Å²) in [6, 6.07) is 19.7. The Labute approximate surface area is 210 Å². The zero-order valence-electron chi connectivity index (χ0n) is 21.3. The molecule has 0 aliphatic heterocycles. The lowest BCUT2D eigenvalue weighted by Gasteiger charge is -2.22. The van der Waals surface area contributed by atoms with Crippen LogP contribution in [0.2, 0.25) is 0 Å². The van der Waals surface area contributed by atoms with Crippen LogP contribution in [0.15, 0.2) is 65.2 Å². The fourth-order valence-electron chi connectivity index (χ4n) is 5.42. The van der Waals surface area contributed by atoms with E-state index in [-0.39, 0.29) is 5.41 Å². The van der Waals surface area contributed by atoms with Crippen LogP contribution in [-0.2, 0) is 11.8 Å². The van der Waals surface area contributed by atoms with Gasteiger partial charge in [-0.05, 0) is 76.9 Å². The monoisotopic (exact) mass is 477 g/mol. The van der Waals surface area contributed by atoms with Gasteiger partial charge in [-0.2, -0.15) is 0 Å². The van der Waals surface area contributed by atoms with Crippen molar-refractivity contribution in [1.82, 2.24) is 4.98 Å². The average Bonchev–Trinajstić information content (AvgIpc) is 3.34. The average molecular weight is 478 g/mol. The molecule has 0 saturated heterocycles. The molecule has 6 rings (SSSR count). The molecule has 3 heterocycles. The highest BCUT2D eigenvalue weighted by atomic mass is 32.1. The van der Waals surface area contributed by atoms with Crippen LogP contribution in [0, 0.1) is 12.8 Å². The summed E-state index contributed by atoms with van der Waals surface area (Å²) >= 11 is 1.93. The second-order valence-electron chi connectivity index (χ2n) is 11.2. The first kappa shape index (κ1) is 22.3. The summed E-state index contributed by atoms with van der Waals surface area (Å²) in [5.41, 5.74) is 6.58. The highest BCUT2D eigenvalue weighted by Gasteiger charge is 2.22. The Kier molecular flexibility index (Phi) is 5.05. The van der Waals surface area contributed by atoms with E-state index >= 15 is 0 Å². The highest BCUT2D eigenvalue weighted by molar-refractivity contribution is 7.19. The van der Waals surface area contributed by atoms with Crippen LogP contribution >= 0.6 is 11.3 Å². The number of fused-ring (bicyclic) bond motifs is 6. The number of hydrogen-bond acceptors (Lipinski definition) is 3. The van der Waals surface area contributed by atoms with E-state index in [2.05, 4.69) is 96.1 Å². The predicted octanol–water partition coefficient (Wildman–Crippen LogP) is 9.82. The quantitative estimate of drug-likeness (QED) is 0.253. The van der Waals surface area contributed by atoms with Gasteiger partial charge in [0, 0.05) is 37.5 Å². The van der Waals surface area contributed by atoms with E-state index < -0.39 is 0 Å². The summed E-state index contributed by atoms with van der Waals surface area (Å²) in [7, 11) is 0. The van der Waals surface area contributed by atoms with E-state index in [4.69, 9.17) is 9.40 Å². The van der Waals surface area contributed by atoms with Crippen molar-refractivity contribution >= 4 is 54.1 Å². The normalized spacial score (nSPS) is 12.7. The molecule has 0 aliphatic rings. The molecular weight excluding hydrogens is 446 g/mol. The molecule has 0 radical (unpaired) electrons. The zero-order valence-corrected chi connectivity index (χ0v) is 22.1. The first-order valence-corrected chi connectivity index (χ1v) is 13.3. The Balaban J connectivity index is 1.66. The number of hydrogen-bond donors (Lipinski definition) is 0. The molecule has 176 valence electrons. The van der Waals surface area contributed by atoms with Gasteiger partial charge in [-0.3, -0.25) is 4.98 Å². The first-order chi connectivity index (χ1) is 16.7. The maximum Gasteiger partial charge on any atom is 0.161 e. The Morgan fingerprint density at radius 1 is 0.943 bits per heavy atom. The largest absolute Gasteiger partial charge is 0.454 e. The van der Waals surface area contributed by atoms with Crippen LogP contribution in [0.1, 0.15) is 50.6 Å². The molecule has 0 aliphatic carbocycles. The van der Waals surface area contributed by atoms with Gasteiger partial charge in [0.2, 0.25) is 0 Å². The van der Waals surface area contributed by atoms with E-state index in [9.17, 15) is 0 Å². The molecule has 0 unspecified atom stereocenters. The van der Waals surface area contributed by atoms with E-state index in [0.29, 0.717) is 5.92 Å². The van der Waals surface area contributed by atoms with Gasteiger partial charge in [-0.25, -0.2) is 0 Å². The fraction of sp³-hybridized carbons (Fsp3) is 0.281. The minimum absolute atomic E-state index is 0.0180. The van der Waals surface area contributed by atoms with Crippen LogP contribution < -0.4 is 0 Å². The van der Waals surface area contributed by atoms with Crippen LogP contribution in [0.5, 0.6) is 0 Å². The lowest BCUT2D eigenvalue weighted by atomic mass is 9.82. The number of aromatic nitrogens is 1. The molecule has 35 heavy (non-hydrogen) atoms. The zero-order chi connectivity index (χ0) is 24.5. The molecular formula is C32H31NOS. The van der Waals surface area contributed by atoms with Gasteiger partial charge >= 0.3 is 0 Å². The van der Waals surface area contributed by atoms with Gasteiger partial charge in [-0.15, -0.1) is 11.3 Å². The fourth-order valence-corrected chi connectivity index (χ4v) is 6.85. The SMILES string of the molecule is Cc1c(CC(C)C)sc2ccc3oc4c(-c5cc(C(C)(C)C)c6ccccc6c5)nccc4c3c12. The van der Waals surface area contributed by atoms with Crippen molar-refractivity contribution in [2.24, 2.45) is 5.92 Å². The van der Waals surface area contributed by atoms with Gasteiger partial charge in [0.25, 0.3) is 0 Å². The van der Waals surface area contributed by atoms with Gasteiger partial charge in [0.1, 0.15) is 11.3 Å². The van der Waals surface area contributed by atoms with Crippen molar-refractivity contribution in [3.8, 4) is 11.3 Å². The second kappa shape index (κ2) is 7.93. The van der Waals surface area contributed by atoms with Crippen LogP contribution in [-0.4, -0.2) is 4.98 Å². The lowest BCUT2D eigenvalue weighted by molar-refractivity contribution is 0.596. The third-order valence-corrected chi connectivity index (χ3v) is 8.36. The Morgan fingerprint density at radius 3 is 2.51 bits per heavy atom. The van der Waals surface area contributed by atoms with Gasteiger partial charge in [0.15, 0.2) is 5.58 Å². The number of thiophene rings is 1. The molecule has 0 amide bonds. The first-order valence-electron chi connectivity index (χ1n) is 12.5. The van der Waals surface area contributed by atoms with Crippen molar-refractivity contribution in [3.63, 3.8) is 0 Å². The second-order valence-corrected chi connectivity index (χ2v) is 12.3. The molecule has 6 aromatic rings. The lowest BCUT2D eigenvalue weighted by Crippen LogP contribution is -2.12. The molecule has 3 aromatic carbocycles. The minimum atomic E-state index is 0.0180. The molecule has 0 atom stereocenters. The molecule has 3 heteroatoms. The molecule has 0 spiro atoms. The molecule has 3 aromatic heterocycles.